The number of aromatic amines is 1. The molecule has 1 saturated heterocycles. The number of hydrogen-bond donors (Lipinski definition) is 1. The Kier molecular flexibility index (Phi) is 4.04. The molecule has 0 saturated carbocycles. The number of fused-ring (bicyclic) bond motifs is 1. The molecule has 3 rings (SSSR count). The molecule has 2 aromatic rings. The smallest absolute Gasteiger partial charge is 0.410 e. The highest BCUT2D eigenvalue weighted by Gasteiger charge is 2.29. The maximum Gasteiger partial charge on any atom is 0.410 e. The molecule has 5 heteroatoms. The zero-order chi connectivity index (χ0) is 16.6. The van der Waals surface area contributed by atoms with Crippen LogP contribution in [0.25, 0.3) is 11.0 Å². The first-order valence-electron chi connectivity index (χ1n) is 8.26. The zero-order valence-corrected chi connectivity index (χ0v) is 14.3. The number of hydrogen-bond acceptors (Lipinski definition) is 3. The molecule has 5 nitrogen and oxygen atoms in total. The largest absolute Gasteiger partial charge is 0.444 e. The van der Waals surface area contributed by atoms with Crippen molar-refractivity contribution in [3.05, 3.63) is 29.6 Å². The van der Waals surface area contributed by atoms with Crippen LogP contribution in [-0.4, -0.2) is 39.7 Å². The van der Waals surface area contributed by atoms with E-state index in [1.54, 1.807) is 4.90 Å². The molecule has 1 atom stereocenters. The molecular weight excluding hydrogens is 290 g/mol. The number of nitrogens with zero attached hydrogens (tertiary/aromatic N) is 2. The number of benzene rings is 1. The number of likely N-dealkylation sites (tertiary alicyclic amines) is 1. The van der Waals surface area contributed by atoms with Crippen LogP contribution in [0.5, 0.6) is 0 Å². The van der Waals surface area contributed by atoms with E-state index < -0.39 is 5.60 Å². The standard InChI is InChI=1S/C18H25N3O2/c1-12-7-5-9-14-15(12)20-16(19-14)13-8-6-10-21(11-13)17(22)23-18(2,3)4/h5,7,9,13H,6,8,10-11H2,1-4H3,(H,19,20)/t13-/m1/s1. The van der Waals surface area contributed by atoms with Crippen molar-refractivity contribution in [3.8, 4) is 0 Å². The van der Waals surface area contributed by atoms with Crippen molar-refractivity contribution in [1.29, 1.82) is 0 Å². The molecule has 1 N–H and O–H groups in total. The molecule has 124 valence electrons. The van der Waals surface area contributed by atoms with E-state index in [2.05, 4.69) is 18.0 Å². The monoisotopic (exact) mass is 315 g/mol. The lowest BCUT2D eigenvalue weighted by Crippen LogP contribution is -2.42. The van der Waals surface area contributed by atoms with Crippen LogP contribution in [0.15, 0.2) is 18.2 Å². The molecule has 1 aromatic carbocycles. The second kappa shape index (κ2) is 5.87. The topological polar surface area (TPSA) is 58.2 Å². The Labute approximate surface area is 137 Å². The van der Waals surface area contributed by atoms with E-state index in [1.807, 2.05) is 32.9 Å². The summed E-state index contributed by atoms with van der Waals surface area (Å²) < 4.78 is 5.50. The van der Waals surface area contributed by atoms with Crippen LogP contribution in [0.4, 0.5) is 4.79 Å². The van der Waals surface area contributed by atoms with E-state index in [0.717, 1.165) is 36.2 Å². The number of carbonyl (C=O) groups is 1. The van der Waals surface area contributed by atoms with E-state index in [0.29, 0.717) is 6.54 Å². The van der Waals surface area contributed by atoms with Crippen molar-refractivity contribution >= 4 is 17.1 Å². The van der Waals surface area contributed by atoms with Gasteiger partial charge < -0.3 is 14.6 Å². The van der Waals surface area contributed by atoms with Gasteiger partial charge in [0.1, 0.15) is 11.4 Å². The number of rotatable bonds is 1. The molecule has 1 fully saturated rings. The van der Waals surface area contributed by atoms with Crippen LogP contribution >= 0.6 is 0 Å². The van der Waals surface area contributed by atoms with Gasteiger partial charge in [0.05, 0.1) is 11.0 Å². The minimum absolute atomic E-state index is 0.227. The Morgan fingerprint density at radius 2 is 2.17 bits per heavy atom. The van der Waals surface area contributed by atoms with Crippen molar-refractivity contribution < 1.29 is 9.53 Å². The van der Waals surface area contributed by atoms with Gasteiger partial charge in [0.15, 0.2) is 0 Å². The lowest BCUT2D eigenvalue weighted by molar-refractivity contribution is 0.0196. The van der Waals surface area contributed by atoms with Crippen molar-refractivity contribution in [3.63, 3.8) is 0 Å². The summed E-state index contributed by atoms with van der Waals surface area (Å²) in [5, 5.41) is 0. The minimum Gasteiger partial charge on any atom is -0.444 e. The summed E-state index contributed by atoms with van der Waals surface area (Å²) in [7, 11) is 0. The first-order chi connectivity index (χ1) is 10.8. The van der Waals surface area contributed by atoms with Gasteiger partial charge in [0.25, 0.3) is 0 Å². The first kappa shape index (κ1) is 15.8. The number of ether oxygens (including phenoxy) is 1. The normalized spacial score (nSPS) is 19.1. The summed E-state index contributed by atoms with van der Waals surface area (Å²) in [4.78, 5) is 22.3. The molecule has 1 aromatic heterocycles. The number of imidazole rings is 1. The summed E-state index contributed by atoms with van der Waals surface area (Å²) >= 11 is 0. The van der Waals surface area contributed by atoms with Crippen molar-refractivity contribution in [1.82, 2.24) is 14.9 Å². The predicted octanol–water partition coefficient (Wildman–Crippen LogP) is 3.99. The molecule has 1 aliphatic rings. The maximum atomic E-state index is 12.3. The maximum absolute atomic E-state index is 12.3. The van der Waals surface area contributed by atoms with Gasteiger partial charge >= 0.3 is 6.09 Å². The molecule has 0 radical (unpaired) electrons. The Hall–Kier alpha value is -2.04. The number of piperidine rings is 1. The molecule has 1 aliphatic heterocycles. The number of amides is 1. The second-order valence-electron chi connectivity index (χ2n) is 7.36. The lowest BCUT2D eigenvalue weighted by Gasteiger charge is -2.33. The van der Waals surface area contributed by atoms with Crippen molar-refractivity contribution in [2.24, 2.45) is 0 Å². The van der Waals surface area contributed by atoms with Crippen LogP contribution < -0.4 is 0 Å². The Morgan fingerprint density at radius 3 is 2.87 bits per heavy atom. The Morgan fingerprint density at radius 1 is 1.39 bits per heavy atom. The highest BCUT2D eigenvalue weighted by atomic mass is 16.6. The van der Waals surface area contributed by atoms with Gasteiger partial charge in [-0.3, -0.25) is 0 Å². The Bertz CT molecular complexity index is 715. The molecule has 0 unspecified atom stereocenters. The minimum atomic E-state index is -0.458. The van der Waals surface area contributed by atoms with Gasteiger partial charge in [0.2, 0.25) is 0 Å². The average molecular weight is 315 g/mol. The Balaban J connectivity index is 1.77. The summed E-state index contributed by atoms with van der Waals surface area (Å²) in [5.74, 6) is 1.21. The quantitative estimate of drug-likeness (QED) is 0.865. The summed E-state index contributed by atoms with van der Waals surface area (Å²) in [6.07, 6.45) is 1.78. The van der Waals surface area contributed by atoms with Gasteiger partial charge in [-0.2, -0.15) is 0 Å². The van der Waals surface area contributed by atoms with Crippen LogP contribution in [0.1, 0.15) is 50.9 Å². The number of aromatic nitrogens is 2. The summed E-state index contributed by atoms with van der Waals surface area (Å²) in [6, 6.07) is 6.15. The van der Waals surface area contributed by atoms with E-state index >= 15 is 0 Å². The van der Waals surface area contributed by atoms with E-state index in [-0.39, 0.29) is 12.0 Å². The first-order valence-corrected chi connectivity index (χ1v) is 8.26. The SMILES string of the molecule is Cc1cccc2[nH]c([C@@H]3CCCN(C(=O)OC(C)(C)C)C3)nc12. The lowest BCUT2D eigenvalue weighted by atomic mass is 9.98. The number of para-hydroxylation sites is 1. The average Bonchev–Trinajstić information content (AvgIpc) is 2.91. The van der Waals surface area contributed by atoms with Gasteiger partial charge in [-0.1, -0.05) is 12.1 Å². The third-order valence-electron chi connectivity index (χ3n) is 4.19. The second-order valence-corrected chi connectivity index (χ2v) is 7.36. The zero-order valence-electron chi connectivity index (χ0n) is 14.3. The van der Waals surface area contributed by atoms with Gasteiger partial charge in [-0.15, -0.1) is 0 Å². The molecule has 2 heterocycles. The van der Waals surface area contributed by atoms with E-state index in [4.69, 9.17) is 9.72 Å². The molecule has 0 bridgehead atoms. The highest BCUT2D eigenvalue weighted by Crippen LogP contribution is 2.28. The predicted molar refractivity (Wildman–Crippen MR) is 90.6 cm³/mol. The van der Waals surface area contributed by atoms with Crippen LogP contribution in [0.3, 0.4) is 0 Å². The summed E-state index contributed by atoms with van der Waals surface area (Å²) in [6.45, 7) is 9.18. The van der Waals surface area contributed by atoms with Gasteiger partial charge in [-0.05, 0) is 52.2 Å². The van der Waals surface area contributed by atoms with Crippen molar-refractivity contribution in [2.75, 3.05) is 13.1 Å². The number of carbonyl (C=O) groups excluding carboxylic acids is 1. The fourth-order valence-corrected chi connectivity index (χ4v) is 3.08. The third kappa shape index (κ3) is 3.49. The van der Waals surface area contributed by atoms with Crippen LogP contribution in [-0.2, 0) is 4.74 Å². The van der Waals surface area contributed by atoms with Crippen LogP contribution in [0.2, 0.25) is 0 Å². The van der Waals surface area contributed by atoms with E-state index in [1.165, 1.54) is 5.56 Å². The molecule has 23 heavy (non-hydrogen) atoms. The van der Waals surface area contributed by atoms with Gasteiger partial charge in [-0.25, -0.2) is 9.78 Å². The van der Waals surface area contributed by atoms with Crippen LogP contribution in [0, 0.1) is 6.92 Å². The third-order valence-corrected chi connectivity index (χ3v) is 4.19. The molecular formula is C18H25N3O2. The fourth-order valence-electron chi connectivity index (χ4n) is 3.08. The molecule has 0 spiro atoms. The van der Waals surface area contributed by atoms with Crippen molar-refractivity contribution in [2.45, 2.75) is 52.1 Å². The molecule has 1 amide bonds. The number of H-pyrrole nitrogens is 1. The molecule has 0 aliphatic carbocycles. The number of nitrogens with one attached hydrogen (secondary N) is 1. The number of aryl methyl sites for hydroxylation is 1. The highest BCUT2D eigenvalue weighted by molar-refractivity contribution is 5.78. The van der Waals surface area contributed by atoms with E-state index in [9.17, 15) is 4.79 Å². The van der Waals surface area contributed by atoms with Gasteiger partial charge in [0, 0.05) is 19.0 Å². The fraction of sp³-hybridized carbons (Fsp3) is 0.556. The summed E-state index contributed by atoms with van der Waals surface area (Å²) in [5.41, 5.74) is 2.80.